The summed E-state index contributed by atoms with van der Waals surface area (Å²) in [4.78, 5) is 27.8. The van der Waals surface area contributed by atoms with Gasteiger partial charge in [0.2, 0.25) is 0 Å². The smallest absolute Gasteiger partial charge is 0.305 e. The summed E-state index contributed by atoms with van der Waals surface area (Å²) < 4.78 is 6.63. The van der Waals surface area contributed by atoms with Crippen molar-refractivity contribution in [3.8, 4) is 0 Å². The van der Waals surface area contributed by atoms with Gasteiger partial charge in [-0.25, -0.2) is 9.50 Å². The van der Waals surface area contributed by atoms with E-state index in [1.807, 2.05) is 13.0 Å². The molecule has 0 bridgehead atoms. The number of fused-ring (bicyclic) bond motifs is 1. The van der Waals surface area contributed by atoms with Gasteiger partial charge in [0.15, 0.2) is 5.65 Å². The summed E-state index contributed by atoms with van der Waals surface area (Å²) >= 11 is 0. The van der Waals surface area contributed by atoms with Crippen LogP contribution in [-0.4, -0.2) is 50.8 Å². The van der Waals surface area contributed by atoms with E-state index < -0.39 is 17.4 Å². The molecule has 8 heteroatoms. The lowest BCUT2D eigenvalue weighted by molar-refractivity contribution is -0.139. The molecule has 2 N–H and O–H groups in total. The zero-order valence-corrected chi connectivity index (χ0v) is 13.6. The van der Waals surface area contributed by atoms with Gasteiger partial charge in [0.05, 0.1) is 35.5 Å². The van der Waals surface area contributed by atoms with Crippen LogP contribution in [0, 0.1) is 13.8 Å². The number of carbonyl (C=O) groups is 2. The molecule has 0 fully saturated rings. The molecule has 0 saturated carbocycles. The largest absolute Gasteiger partial charge is 0.481 e. The molecule has 2 aromatic rings. The first kappa shape index (κ1) is 16.9. The molecule has 8 nitrogen and oxygen atoms in total. The molecular formula is C15H20N4O4. The van der Waals surface area contributed by atoms with E-state index in [1.54, 1.807) is 18.4 Å². The van der Waals surface area contributed by atoms with Crippen LogP contribution in [0.1, 0.15) is 35.1 Å². The highest BCUT2D eigenvalue weighted by molar-refractivity contribution is 5.96. The Kier molecular flexibility index (Phi) is 4.65. The predicted molar refractivity (Wildman–Crippen MR) is 82.5 cm³/mol. The highest BCUT2D eigenvalue weighted by atomic mass is 16.5. The number of hydrogen-bond donors (Lipinski definition) is 2. The fourth-order valence-corrected chi connectivity index (χ4v) is 2.51. The molecule has 0 spiro atoms. The molecule has 1 amide bonds. The Bertz CT molecular complexity index is 755. The first-order valence-electron chi connectivity index (χ1n) is 7.11. The minimum Gasteiger partial charge on any atom is -0.481 e. The third-order valence-corrected chi connectivity index (χ3v) is 3.51. The van der Waals surface area contributed by atoms with Gasteiger partial charge in [-0.1, -0.05) is 0 Å². The maximum absolute atomic E-state index is 12.5. The molecule has 0 saturated heterocycles. The lowest BCUT2D eigenvalue weighted by Gasteiger charge is -2.28. The Morgan fingerprint density at radius 3 is 2.74 bits per heavy atom. The number of aryl methyl sites for hydroxylation is 2. The van der Waals surface area contributed by atoms with Gasteiger partial charge in [-0.15, -0.1) is 0 Å². The normalized spacial score (nSPS) is 13.7. The molecule has 23 heavy (non-hydrogen) atoms. The number of hydrogen-bond acceptors (Lipinski definition) is 5. The predicted octanol–water partition coefficient (Wildman–Crippen LogP) is 0.956. The van der Waals surface area contributed by atoms with Crippen LogP contribution in [0.5, 0.6) is 0 Å². The summed E-state index contributed by atoms with van der Waals surface area (Å²) in [6, 6.07) is 1.81. The molecule has 0 aliphatic heterocycles. The number of carbonyl (C=O) groups excluding carboxylic acids is 1. The van der Waals surface area contributed by atoms with Crippen molar-refractivity contribution >= 4 is 17.5 Å². The van der Waals surface area contributed by atoms with Crippen molar-refractivity contribution in [3.63, 3.8) is 0 Å². The third-order valence-electron chi connectivity index (χ3n) is 3.51. The summed E-state index contributed by atoms with van der Waals surface area (Å²) in [6.07, 6.45) is 1.22. The van der Waals surface area contributed by atoms with E-state index in [-0.39, 0.29) is 13.0 Å². The van der Waals surface area contributed by atoms with Crippen molar-refractivity contribution in [2.45, 2.75) is 32.7 Å². The van der Waals surface area contributed by atoms with Crippen LogP contribution in [0.2, 0.25) is 0 Å². The molecule has 2 rings (SSSR count). The van der Waals surface area contributed by atoms with E-state index in [0.717, 1.165) is 5.69 Å². The topological polar surface area (TPSA) is 106 Å². The Labute approximate surface area is 133 Å². The van der Waals surface area contributed by atoms with Gasteiger partial charge < -0.3 is 15.2 Å². The fraction of sp³-hybridized carbons (Fsp3) is 0.467. The first-order chi connectivity index (χ1) is 10.8. The lowest BCUT2D eigenvalue weighted by Crippen LogP contribution is -2.51. The van der Waals surface area contributed by atoms with E-state index in [9.17, 15) is 9.59 Å². The molecule has 2 heterocycles. The average molecular weight is 320 g/mol. The zero-order chi connectivity index (χ0) is 17.2. The van der Waals surface area contributed by atoms with Crippen molar-refractivity contribution in [1.82, 2.24) is 19.9 Å². The zero-order valence-electron chi connectivity index (χ0n) is 13.6. The monoisotopic (exact) mass is 320 g/mol. The van der Waals surface area contributed by atoms with E-state index in [4.69, 9.17) is 9.84 Å². The second-order valence-corrected chi connectivity index (χ2v) is 5.83. The van der Waals surface area contributed by atoms with Crippen LogP contribution in [0.25, 0.3) is 5.65 Å². The first-order valence-corrected chi connectivity index (χ1v) is 7.11. The van der Waals surface area contributed by atoms with E-state index in [1.165, 1.54) is 13.3 Å². The Morgan fingerprint density at radius 1 is 1.43 bits per heavy atom. The summed E-state index contributed by atoms with van der Waals surface area (Å²) in [5.41, 5.74) is 1.41. The van der Waals surface area contributed by atoms with Crippen LogP contribution in [0.4, 0.5) is 0 Å². The molecule has 1 atom stereocenters. The molecule has 124 valence electrons. The maximum Gasteiger partial charge on any atom is 0.305 e. The number of methoxy groups -OCH3 is 1. The van der Waals surface area contributed by atoms with Gasteiger partial charge in [-0.2, -0.15) is 5.10 Å². The van der Waals surface area contributed by atoms with Crippen LogP contribution in [0.3, 0.4) is 0 Å². The standard InChI is InChI=1S/C15H20N4O4/c1-9-5-12-16-7-11(10(2)19(12)18-9)14(22)17-15(3,8-23-4)6-13(20)21/h5,7H,6,8H2,1-4H3,(H,17,22)(H,20,21). The van der Waals surface area contributed by atoms with Crippen LogP contribution in [0.15, 0.2) is 12.3 Å². The highest BCUT2D eigenvalue weighted by Gasteiger charge is 2.30. The second-order valence-electron chi connectivity index (χ2n) is 5.83. The Hall–Kier alpha value is -2.48. The number of nitrogens with one attached hydrogen (secondary N) is 1. The van der Waals surface area contributed by atoms with Crippen LogP contribution >= 0.6 is 0 Å². The molecule has 0 aromatic carbocycles. The number of amides is 1. The quantitative estimate of drug-likeness (QED) is 0.821. The van der Waals surface area contributed by atoms with Crippen molar-refractivity contribution < 1.29 is 19.4 Å². The van der Waals surface area contributed by atoms with Gasteiger partial charge in [0, 0.05) is 19.4 Å². The summed E-state index contributed by atoms with van der Waals surface area (Å²) in [5, 5.41) is 16.0. The minimum atomic E-state index is -1.02. The lowest BCUT2D eigenvalue weighted by atomic mass is 9.98. The number of aliphatic carboxylic acids is 1. The molecule has 2 aromatic heterocycles. The Balaban J connectivity index is 2.32. The van der Waals surface area contributed by atoms with Gasteiger partial charge in [-0.05, 0) is 20.8 Å². The molecule has 0 aliphatic carbocycles. The van der Waals surface area contributed by atoms with Gasteiger partial charge in [-0.3, -0.25) is 9.59 Å². The number of aromatic nitrogens is 3. The number of rotatable bonds is 6. The summed E-state index contributed by atoms with van der Waals surface area (Å²) in [6.45, 7) is 5.32. The average Bonchev–Trinajstić information content (AvgIpc) is 2.79. The second kappa shape index (κ2) is 6.33. The summed E-state index contributed by atoms with van der Waals surface area (Å²) in [5.74, 6) is -1.43. The van der Waals surface area contributed by atoms with E-state index in [2.05, 4.69) is 15.4 Å². The third kappa shape index (κ3) is 3.65. The van der Waals surface area contributed by atoms with Crippen molar-refractivity contribution in [1.29, 1.82) is 0 Å². The summed E-state index contributed by atoms with van der Waals surface area (Å²) in [7, 11) is 1.46. The van der Waals surface area contributed by atoms with Crippen molar-refractivity contribution in [2.24, 2.45) is 0 Å². The maximum atomic E-state index is 12.5. The molecule has 0 aliphatic rings. The number of ether oxygens (including phenoxy) is 1. The highest BCUT2D eigenvalue weighted by Crippen LogP contribution is 2.15. The van der Waals surface area contributed by atoms with E-state index >= 15 is 0 Å². The van der Waals surface area contributed by atoms with Gasteiger partial charge in [0.25, 0.3) is 5.91 Å². The number of carboxylic acid groups (broad SMARTS) is 1. The number of carboxylic acids is 1. The van der Waals surface area contributed by atoms with Crippen LogP contribution < -0.4 is 5.32 Å². The molecule has 0 radical (unpaired) electrons. The van der Waals surface area contributed by atoms with E-state index in [0.29, 0.717) is 16.9 Å². The number of nitrogens with zero attached hydrogens (tertiary/aromatic N) is 3. The van der Waals surface area contributed by atoms with Gasteiger partial charge in [0.1, 0.15) is 0 Å². The SMILES string of the molecule is COCC(C)(CC(=O)O)NC(=O)c1cnc2cc(C)nn2c1C. The van der Waals surface area contributed by atoms with Crippen LogP contribution in [-0.2, 0) is 9.53 Å². The minimum absolute atomic E-state index is 0.0840. The molecule has 1 unspecified atom stereocenters. The fourth-order valence-electron chi connectivity index (χ4n) is 2.51. The molecular weight excluding hydrogens is 300 g/mol. The van der Waals surface area contributed by atoms with Gasteiger partial charge >= 0.3 is 5.97 Å². The van der Waals surface area contributed by atoms with Crippen molar-refractivity contribution in [3.05, 3.63) is 29.2 Å². The Morgan fingerprint density at radius 2 is 2.13 bits per heavy atom. The van der Waals surface area contributed by atoms with Crippen molar-refractivity contribution in [2.75, 3.05) is 13.7 Å².